The molecule has 7 nitrogen and oxygen atoms in total. The molecule has 152 valence electrons. The Labute approximate surface area is 162 Å². The summed E-state index contributed by atoms with van der Waals surface area (Å²) in [5, 5.41) is 16.8. The fourth-order valence-corrected chi connectivity index (χ4v) is 3.22. The number of aliphatic imine (C=N–C) groups is 1. The molecule has 3 N–H and O–H groups in total. The lowest BCUT2D eigenvalue weighted by Crippen LogP contribution is -2.52. The van der Waals surface area contributed by atoms with E-state index >= 15 is 0 Å². The summed E-state index contributed by atoms with van der Waals surface area (Å²) in [5.41, 5.74) is 0.736. The first-order valence-electron chi connectivity index (χ1n) is 9.75. The summed E-state index contributed by atoms with van der Waals surface area (Å²) in [5.74, 6) is 2.21. The minimum atomic E-state index is 0.226. The Bertz CT molecular complexity index is 601. The van der Waals surface area contributed by atoms with E-state index in [2.05, 4.69) is 34.4 Å². The van der Waals surface area contributed by atoms with Gasteiger partial charge in [-0.3, -0.25) is 4.90 Å². The smallest absolute Gasteiger partial charge is 0.191 e. The van der Waals surface area contributed by atoms with Crippen LogP contribution >= 0.6 is 0 Å². The molecule has 1 unspecified atom stereocenters. The summed E-state index contributed by atoms with van der Waals surface area (Å²) in [6.45, 7) is 12.0. The van der Waals surface area contributed by atoms with Crippen molar-refractivity contribution in [3.8, 4) is 11.5 Å². The molecule has 1 atom stereocenters. The van der Waals surface area contributed by atoms with Crippen molar-refractivity contribution in [1.29, 1.82) is 0 Å². The van der Waals surface area contributed by atoms with Gasteiger partial charge in [-0.05, 0) is 31.0 Å². The molecule has 1 heterocycles. The highest BCUT2D eigenvalue weighted by Gasteiger charge is 2.23. The van der Waals surface area contributed by atoms with Gasteiger partial charge in [-0.2, -0.15) is 0 Å². The minimum absolute atomic E-state index is 0.226. The summed E-state index contributed by atoms with van der Waals surface area (Å²) in [6.07, 6.45) is 0. The van der Waals surface area contributed by atoms with E-state index in [1.54, 1.807) is 19.2 Å². The number of phenols is 1. The van der Waals surface area contributed by atoms with E-state index in [1.165, 1.54) is 0 Å². The number of methoxy groups -OCH3 is 1. The van der Waals surface area contributed by atoms with Crippen molar-refractivity contribution in [3.05, 3.63) is 23.8 Å². The van der Waals surface area contributed by atoms with Crippen LogP contribution in [0.3, 0.4) is 0 Å². The topological polar surface area (TPSA) is 78.4 Å². The summed E-state index contributed by atoms with van der Waals surface area (Å²) >= 11 is 0. The third kappa shape index (κ3) is 6.59. The maximum atomic E-state index is 10.1. The predicted octanol–water partition coefficient (Wildman–Crippen LogP) is 1.81. The highest BCUT2D eigenvalue weighted by molar-refractivity contribution is 5.79. The molecule has 1 aliphatic heterocycles. The number of nitrogens with one attached hydrogen (secondary N) is 2. The van der Waals surface area contributed by atoms with Gasteiger partial charge in [0.1, 0.15) is 11.5 Å². The molecule has 1 fully saturated rings. The van der Waals surface area contributed by atoms with Crippen LogP contribution in [-0.2, 0) is 11.3 Å². The van der Waals surface area contributed by atoms with Gasteiger partial charge in [0.15, 0.2) is 5.96 Å². The number of phenolic OH excluding ortho intramolecular Hbond substituents is 1. The molecule has 0 radical (unpaired) electrons. The maximum Gasteiger partial charge on any atom is 0.191 e. The number of rotatable bonds is 8. The van der Waals surface area contributed by atoms with Crippen LogP contribution in [0, 0.1) is 5.92 Å². The molecular weight excluding hydrogens is 344 g/mol. The number of hydrogen-bond acceptors (Lipinski definition) is 5. The van der Waals surface area contributed by atoms with Crippen LogP contribution in [0.2, 0.25) is 0 Å². The van der Waals surface area contributed by atoms with Crippen molar-refractivity contribution in [3.63, 3.8) is 0 Å². The average molecular weight is 379 g/mol. The van der Waals surface area contributed by atoms with E-state index in [0.29, 0.717) is 24.3 Å². The van der Waals surface area contributed by atoms with Crippen molar-refractivity contribution in [1.82, 2.24) is 15.5 Å². The number of hydrogen-bond donors (Lipinski definition) is 3. The van der Waals surface area contributed by atoms with Gasteiger partial charge < -0.3 is 25.2 Å². The number of nitrogens with zero attached hydrogens (tertiary/aromatic N) is 2. The van der Waals surface area contributed by atoms with Gasteiger partial charge in [-0.1, -0.05) is 13.8 Å². The van der Waals surface area contributed by atoms with Gasteiger partial charge >= 0.3 is 0 Å². The zero-order valence-electron chi connectivity index (χ0n) is 17.0. The number of benzene rings is 1. The van der Waals surface area contributed by atoms with E-state index in [0.717, 1.165) is 50.9 Å². The zero-order valence-corrected chi connectivity index (χ0v) is 17.0. The molecule has 7 heteroatoms. The van der Waals surface area contributed by atoms with Crippen molar-refractivity contribution in [2.45, 2.75) is 33.4 Å². The maximum absolute atomic E-state index is 10.1. The van der Waals surface area contributed by atoms with Crippen LogP contribution in [0.1, 0.15) is 26.3 Å². The molecule has 1 aromatic carbocycles. The quantitative estimate of drug-likeness (QED) is 0.473. The van der Waals surface area contributed by atoms with Crippen LogP contribution in [0.4, 0.5) is 0 Å². The first-order valence-corrected chi connectivity index (χ1v) is 9.75. The third-order valence-corrected chi connectivity index (χ3v) is 4.80. The number of aromatic hydroxyl groups is 1. The summed E-state index contributed by atoms with van der Waals surface area (Å²) in [4.78, 5) is 7.12. The van der Waals surface area contributed by atoms with Gasteiger partial charge in [0.2, 0.25) is 0 Å². The Morgan fingerprint density at radius 3 is 2.67 bits per heavy atom. The first kappa shape index (κ1) is 21.3. The minimum Gasteiger partial charge on any atom is -0.508 e. The Balaban J connectivity index is 2.01. The number of morpholine rings is 1. The number of ether oxygens (including phenoxy) is 2. The van der Waals surface area contributed by atoms with Gasteiger partial charge in [0.25, 0.3) is 0 Å². The lowest BCUT2D eigenvalue weighted by atomic mass is 10.0. The Kier molecular flexibility index (Phi) is 8.67. The fraction of sp³-hybridized carbons (Fsp3) is 0.650. The van der Waals surface area contributed by atoms with Crippen molar-refractivity contribution < 1.29 is 14.6 Å². The van der Waals surface area contributed by atoms with E-state index in [-0.39, 0.29) is 5.75 Å². The molecule has 1 aromatic rings. The van der Waals surface area contributed by atoms with Gasteiger partial charge in [0, 0.05) is 37.8 Å². The normalized spacial score (nSPS) is 17.0. The largest absolute Gasteiger partial charge is 0.508 e. The second-order valence-corrected chi connectivity index (χ2v) is 7.03. The molecule has 0 saturated carbocycles. The Morgan fingerprint density at radius 2 is 2.04 bits per heavy atom. The molecule has 0 bridgehead atoms. The summed E-state index contributed by atoms with van der Waals surface area (Å²) < 4.78 is 10.7. The van der Waals surface area contributed by atoms with Crippen LogP contribution in [0.25, 0.3) is 0 Å². The Morgan fingerprint density at radius 1 is 1.30 bits per heavy atom. The highest BCUT2D eigenvalue weighted by Crippen LogP contribution is 2.23. The fourth-order valence-electron chi connectivity index (χ4n) is 3.22. The molecule has 0 amide bonds. The van der Waals surface area contributed by atoms with E-state index in [1.807, 2.05) is 13.0 Å². The molecule has 0 aromatic heterocycles. The second-order valence-electron chi connectivity index (χ2n) is 7.03. The van der Waals surface area contributed by atoms with Crippen LogP contribution in [0.5, 0.6) is 11.5 Å². The molecule has 0 aliphatic carbocycles. The van der Waals surface area contributed by atoms with Gasteiger partial charge in [0.05, 0.1) is 26.9 Å². The zero-order chi connectivity index (χ0) is 19.6. The summed E-state index contributed by atoms with van der Waals surface area (Å²) in [6, 6.07) is 5.61. The first-order chi connectivity index (χ1) is 13.0. The third-order valence-electron chi connectivity index (χ3n) is 4.80. The predicted molar refractivity (Wildman–Crippen MR) is 108 cm³/mol. The second kappa shape index (κ2) is 11.0. The van der Waals surface area contributed by atoms with Gasteiger partial charge in [-0.15, -0.1) is 0 Å². The lowest BCUT2D eigenvalue weighted by molar-refractivity contribution is 0.00752. The average Bonchev–Trinajstić information content (AvgIpc) is 2.67. The van der Waals surface area contributed by atoms with Crippen LogP contribution < -0.4 is 15.4 Å². The van der Waals surface area contributed by atoms with Crippen molar-refractivity contribution in [2.75, 3.05) is 46.5 Å². The molecule has 2 rings (SSSR count). The van der Waals surface area contributed by atoms with Crippen LogP contribution in [-0.4, -0.2) is 68.5 Å². The molecular formula is C20H34N4O3. The lowest BCUT2D eigenvalue weighted by Gasteiger charge is -2.37. The number of guanidine groups is 1. The van der Waals surface area contributed by atoms with Crippen molar-refractivity contribution in [2.24, 2.45) is 10.9 Å². The monoisotopic (exact) mass is 378 g/mol. The highest BCUT2D eigenvalue weighted by atomic mass is 16.5. The van der Waals surface area contributed by atoms with E-state index in [9.17, 15) is 5.11 Å². The molecule has 1 aliphatic rings. The van der Waals surface area contributed by atoms with E-state index < -0.39 is 0 Å². The SMILES string of the molecule is CCNC(=NCc1cc(OC)ccc1O)NCC(C(C)C)N1CCOCC1. The molecule has 1 saturated heterocycles. The standard InChI is InChI=1S/C20H34N4O3/c1-5-21-20(22-13-16-12-17(26-4)6-7-19(16)25)23-14-18(15(2)3)24-8-10-27-11-9-24/h6-7,12,15,18,25H,5,8-11,13-14H2,1-4H3,(H2,21,22,23). The Hall–Kier alpha value is -1.99. The van der Waals surface area contributed by atoms with E-state index in [4.69, 9.17) is 9.47 Å². The molecule has 0 spiro atoms. The van der Waals surface area contributed by atoms with Crippen LogP contribution in [0.15, 0.2) is 23.2 Å². The van der Waals surface area contributed by atoms with Crippen molar-refractivity contribution >= 4 is 5.96 Å². The van der Waals surface area contributed by atoms with Gasteiger partial charge in [-0.25, -0.2) is 4.99 Å². The molecule has 27 heavy (non-hydrogen) atoms. The summed E-state index contributed by atoms with van der Waals surface area (Å²) in [7, 11) is 1.61.